The fourth-order valence-electron chi connectivity index (χ4n) is 2.53. The molecular weight excluding hydrogens is 468 g/mol. The molecule has 0 atom stereocenters. The summed E-state index contributed by atoms with van der Waals surface area (Å²) in [4.78, 5) is 14.4. The Kier molecular flexibility index (Phi) is 6.91. The van der Waals surface area contributed by atoms with E-state index in [0.717, 1.165) is 23.1 Å². The Labute approximate surface area is 187 Å². The van der Waals surface area contributed by atoms with Gasteiger partial charge in [0.25, 0.3) is 15.9 Å². The van der Waals surface area contributed by atoms with Gasteiger partial charge in [-0.05, 0) is 42.1 Å². The molecule has 1 amide bonds. The third-order valence-corrected chi connectivity index (χ3v) is 8.02. The van der Waals surface area contributed by atoms with Crippen LogP contribution in [0.3, 0.4) is 0 Å². The number of sulfonamides is 1. The monoisotopic (exact) mass is 484 g/mol. The molecule has 1 aromatic heterocycles. The van der Waals surface area contributed by atoms with Gasteiger partial charge >= 0.3 is 0 Å². The van der Waals surface area contributed by atoms with E-state index in [2.05, 4.69) is 11.0 Å². The van der Waals surface area contributed by atoms with Gasteiger partial charge in [-0.15, -0.1) is 22.3 Å². The van der Waals surface area contributed by atoms with Crippen LogP contribution in [0.2, 0.25) is 4.34 Å². The van der Waals surface area contributed by atoms with Gasteiger partial charge in [-0.1, -0.05) is 17.7 Å². The molecule has 3 rings (SSSR count). The molecule has 2 aromatic rings. The number of amidine groups is 1. The molecule has 0 saturated carbocycles. The van der Waals surface area contributed by atoms with Crippen molar-refractivity contribution >= 4 is 61.9 Å². The van der Waals surface area contributed by atoms with Gasteiger partial charge in [0.05, 0.1) is 23.5 Å². The SMILES string of the molecule is C=CCN1C(=O)/C(=C/c2ccc(OC)cc2OC)SC1=NS(=O)(=O)c1ccc(Cl)s1. The van der Waals surface area contributed by atoms with Gasteiger partial charge in [0, 0.05) is 18.2 Å². The molecular formula is C19H17ClN2O5S3. The van der Waals surface area contributed by atoms with Crippen LogP contribution in [0.25, 0.3) is 6.08 Å². The van der Waals surface area contributed by atoms with E-state index in [1.807, 2.05) is 0 Å². The van der Waals surface area contributed by atoms with Gasteiger partial charge in [0.15, 0.2) is 5.17 Å². The smallest absolute Gasteiger partial charge is 0.294 e. The number of hydrogen-bond donors (Lipinski definition) is 0. The molecule has 1 saturated heterocycles. The number of ether oxygens (including phenoxy) is 2. The number of thiophene rings is 1. The van der Waals surface area contributed by atoms with Crippen molar-refractivity contribution in [1.29, 1.82) is 0 Å². The highest BCUT2D eigenvalue weighted by Crippen LogP contribution is 2.36. The van der Waals surface area contributed by atoms with Crippen molar-refractivity contribution in [2.45, 2.75) is 4.21 Å². The van der Waals surface area contributed by atoms with Crippen LogP contribution < -0.4 is 9.47 Å². The number of rotatable bonds is 7. The van der Waals surface area contributed by atoms with E-state index in [1.165, 1.54) is 30.2 Å². The minimum Gasteiger partial charge on any atom is -0.497 e. The van der Waals surface area contributed by atoms with Crippen molar-refractivity contribution in [3.63, 3.8) is 0 Å². The van der Waals surface area contributed by atoms with Crippen LogP contribution in [0.15, 0.2) is 56.5 Å². The topological polar surface area (TPSA) is 85.3 Å². The summed E-state index contributed by atoms with van der Waals surface area (Å²) in [5, 5.41) is 0.0446. The summed E-state index contributed by atoms with van der Waals surface area (Å²) < 4.78 is 40.0. The molecule has 0 unspecified atom stereocenters. The Morgan fingerprint density at radius 1 is 1.23 bits per heavy atom. The summed E-state index contributed by atoms with van der Waals surface area (Å²) in [6.07, 6.45) is 3.12. The molecule has 0 radical (unpaired) electrons. The summed E-state index contributed by atoms with van der Waals surface area (Å²) in [7, 11) is -0.959. The Hall–Kier alpha value is -2.27. The normalized spacial score (nSPS) is 17.0. The Bertz CT molecular complexity index is 1150. The molecule has 158 valence electrons. The molecule has 30 heavy (non-hydrogen) atoms. The Balaban J connectivity index is 2.01. The van der Waals surface area contributed by atoms with Crippen LogP contribution in [0, 0.1) is 0 Å². The molecule has 11 heteroatoms. The highest BCUT2D eigenvalue weighted by Gasteiger charge is 2.34. The van der Waals surface area contributed by atoms with Gasteiger partial charge in [0.1, 0.15) is 15.7 Å². The van der Waals surface area contributed by atoms with Crippen molar-refractivity contribution < 1.29 is 22.7 Å². The maximum atomic E-state index is 12.9. The zero-order chi connectivity index (χ0) is 21.9. The lowest BCUT2D eigenvalue weighted by atomic mass is 10.1. The maximum Gasteiger partial charge on any atom is 0.294 e. The van der Waals surface area contributed by atoms with Gasteiger partial charge in [-0.3, -0.25) is 9.69 Å². The first kappa shape index (κ1) is 22.4. The fourth-order valence-corrected chi connectivity index (χ4v) is 6.17. The molecule has 2 heterocycles. The average Bonchev–Trinajstić information content (AvgIpc) is 3.28. The molecule has 1 fully saturated rings. The number of carbonyl (C=O) groups is 1. The number of hydrogen-bond acceptors (Lipinski definition) is 7. The first-order chi connectivity index (χ1) is 14.3. The highest BCUT2D eigenvalue weighted by molar-refractivity contribution is 8.19. The molecule has 0 bridgehead atoms. The predicted molar refractivity (Wildman–Crippen MR) is 121 cm³/mol. The molecule has 0 N–H and O–H groups in total. The lowest BCUT2D eigenvalue weighted by Crippen LogP contribution is -2.29. The third-order valence-electron chi connectivity index (χ3n) is 3.93. The van der Waals surface area contributed by atoms with Crippen molar-refractivity contribution in [3.8, 4) is 11.5 Å². The average molecular weight is 485 g/mol. The van der Waals surface area contributed by atoms with E-state index in [9.17, 15) is 13.2 Å². The second-order valence-corrected chi connectivity index (χ2v) is 10.4. The Morgan fingerprint density at radius 2 is 2.00 bits per heavy atom. The van der Waals surface area contributed by atoms with Crippen LogP contribution in [0.4, 0.5) is 0 Å². The summed E-state index contributed by atoms with van der Waals surface area (Å²) in [5.41, 5.74) is 0.641. The minimum absolute atomic E-state index is 0.000792. The summed E-state index contributed by atoms with van der Waals surface area (Å²) in [6, 6.07) is 8.04. The van der Waals surface area contributed by atoms with Crippen molar-refractivity contribution in [2.24, 2.45) is 4.40 Å². The Morgan fingerprint density at radius 3 is 2.60 bits per heavy atom. The number of nitrogens with zero attached hydrogens (tertiary/aromatic N) is 2. The summed E-state index contributed by atoms with van der Waals surface area (Å²) >= 11 is 7.71. The minimum atomic E-state index is -4.01. The quantitative estimate of drug-likeness (QED) is 0.431. The zero-order valence-electron chi connectivity index (χ0n) is 16.0. The van der Waals surface area contributed by atoms with E-state index in [4.69, 9.17) is 21.1 Å². The standard InChI is InChI=1S/C19H17ClN2O5S3/c1-4-9-22-18(23)15(10-12-5-6-13(26-2)11-14(12)27-3)28-19(22)21-30(24,25)17-8-7-16(20)29-17/h4-8,10-11H,1,9H2,2-3H3/b15-10-,21-19?. The van der Waals surface area contributed by atoms with Gasteiger partial charge in [0.2, 0.25) is 0 Å². The maximum absolute atomic E-state index is 12.9. The van der Waals surface area contributed by atoms with Crippen molar-refractivity contribution in [2.75, 3.05) is 20.8 Å². The van der Waals surface area contributed by atoms with Gasteiger partial charge in [-0.2, -0.15) is 8.42 Å². The molecule has 1 aromatic carbocycles. The number of thioether (sulfide) groups is 1. The summed E-state index contributed by atoms with van der Waals surface area (Å²) in [5.74, 6) is 0.739. The number of halogens is 1. The second-order valence-electron chi connectivity index (χ2n) is 5.83. The van der Waals surface area contributed by atoms with E-state index in [-0.39, 0.29) is 21.8 Å². The largest absolute Gasteiger partial charge is 0.497 e. The number of carbonyl (C=O) groups excluding carboxylic acids is 1. The van der Waals surface area contributed by atoms with Crippen LogP contribution in [0.5, 0.6) is 11.5 Å². The van der Waals surface area contributed by atoms with E-state index >= 15 is 0 Å². The van der Waals surface area contributed by atoms with Crippen molar-refractivity contribution in [3.05, 3.63) is 57.8 Å². The molecule has 1 aliphatic heterocycles. The first-order valence-electron chi connectivity index (χ1n) is 8.43. The van der Waals surface area contributed by atoms with Gasteiger partial charge in [-0.25, -0.2) is 0 Å². The van der Waals surface area contributed by atoms with Crippen LogP contribution >= 0.6 is 34.7 Å². The molecule has 0 spiro atoms. The summed E-state index contributed by atoms with van der Waals surface area (Å²) in [6.45, 7) is 3.74. The predicted octanol–water partition coefficient (Wildman–Crippen LogP) is 4.27. The fraction of sp³-hybridized carbons (Fsp3) is 0.158. The van der Waals surface area contributed by atoms with Crippen LogP contribution in [-0.4, -0.2) is 45.2 Å². The number of methoxy groups -OCH3 is 2. The zero-order valence-corrected chi connectivity index (χ0v) is 19.2. The van der Waals surface area contributed by atoms with Crippen LogP contribution in [0.1, 0.15) is 5.56 Å². The highest BCUT2D eigenvalue weighted by atomic mass is 35.5. The van der Waals surface area contributed by atoms with Gasteiger partial charge < -0.3 is 9.47 Å². The first-order valence-corrected chi connectivity index (χ1v) is 11.9. The number of amides is 1. The molecule has 7 nitrogen and oxygen atoms in total. The molecule has 1 aliphatic rings. The van der Waals surface area contributed by atoms with Crippen molar-refractivity contribution in [1.82, 2.24) is 4.90 Å². The second kappa shape index (κ2) is 9.25. The third kappa shape index (κ3) is 4.72. The lowest BCUT2D eigenvalue weighted by Gasteiger charge is -2.12. The van der Waals surface area contributed by atoms with Crippen LogP contribution in [-0.2, 0) is 14.8 Å². The molecule has 0 aliphatic carbocycles. The van der Waals surface area contributed by atoms with E-state index in [1.54, 1.807) is 31.4 Å². The van der Waals surface area contributed by atoms with E-state index in [0.29, 0.717) is 26.3 Å². The number of benzene rings is 1. The lowest BCUT2D eigenvalue weighted by molar-refractivity contribution is -0.121. The van der Waals surface area contributed by atoms with E-state index < -0.39 is 10.0 Å².